The SMILES string of the molecule is C[C@@H](NC(=O)c1cnc(C2CC2)[nH]c1=O)C1=CCCCC1. The minimum Gasteiger partial charge on any atom is -0.346 e. The molecular weight excluding hydrogens is 266 g/mol. The summed E-state index contributed by atoms with van der Waals surface area (Å²) in [6.07, 6.45) is 10.2. The molecule has 1 heterocycles. The number of hydrogen-bond donors (Lipinski definition) is 2. The fourth-order valence-corrected chi connectivity index (χ4v) is 2.76. The average Bonchev–Trinajstić information content (AvgIpc) is 3.32. The maximum atomic E-state index is 12.2. The quantitative estimate of drug-likeness (QED) is 0.834. The molecule has 0 radical (unpaired) electrons. The van der Waals surface area contributed by atoms with E-state index in [0.29, 0.717) is 11.7 Å². The van der Waals surface area contributed by atoms with Gasteiger partial charge in [0.25, 0.3) is 11.5 Å². The van der Waals surface area contributed by atoms with Crippen LogP contribution < -0.4 is 10.9 Å². The van der Waals surface area contributed by atoms with Crippen LogP contribution in [0.3, 0.4) is 0 Å². The van der Waals surface area contributed by atoms with Gasteiger partial charge in [0.05, 0.1) is 0 Å². The van der Waals surface area contributed by atoms with Crippen molar-refractivity contribution in [2.45, 2.75) is 57.4 Å². The van der Waals surface area contributed by atoms with Crippen molar-refractivity contribution in [2.75, 3.05) is 0 Å². The molecule has 1 aromatic heterocycles. The Kier molecular flexibility index (Phi) is 3.90. The minimum absolute atomic E-state index is 0.0275. The van der Waals surface area contributed by atoms with Crippen molar-refractivity contribution in [3.8, 4) is 0 Å². The molecule has 1 saturated carbocycles. The molecule has 2 aliphatic rings. The van der Waals surface area contributed by atoms with E-state index in [1.54, 1.807) is 0 Å². The predicted octanol–water partition coefficient (Wildman–Crippen LogP) is 2.27. The van der Waals surface area contributed by atoms with Crippen LogP contribution in [0.25, 0.3) is 0 Å². The van der Waals surface area contributed by atoms with E-state index in [4.69, 9.17) is 0 Å². The number of nitrogens with zero attached hydrogens (tertiary/aromatic N) is 1. The Morgan fingerprint density at radius 3 is 2.86 bits per heavy atom. The maximum absolute atomic E-state index is 12.2. The average molecular weight is 287 g/mol. The molecular formula is C16H21N3O2. The zero-order valence-electron chi connectivity index (χ0n) is 12.3. The molecule has 0 spiro atoms. The van der Waals surface area contributed by atoms with E-state index in [0.717, 1.165) is 25.7 Å². The summed E-state index contributed by atoms with van der Waals surface area (Å²) in [6.45, 7) is 1.97. The lowest BCUT2D eigenvalue weighted by Crippen LogP contribution is -2.37. The van der Waals surface area contributed by atoms with Gasteiger partial charge in [0.15, 0.2) is 0 Å². The van der Waals surface area contributed by atoms with Gasteiger partial charge < -0.3 is 10.3 Å². The number of aromatic nitrogens is 2. The first-order chi connectivity index (χ1) is 10.1. The van der Waals surface area contributed by atoms with Crippen molar-refractivity contribution >= 4 is 5.91 Å². The number of hydrogen-bond acceptors (Lipinski definition) is 3. The number of H-pyrrole nitrogens is 1. The summed E-state index contributed by atoms with van der Waals surface area (Å²) < 4.78 is 0. The first-order valence-electron chi connectivity index (χ1n) is 7.74. The van der Waals surface area contributed by atoms with Gasteiger partial charge in [-0.25, -0.2) is 4.98 Å². The van der Waals surface area contributed by atoms with Crippen molar-refractivity contribution in [1.29, 1.82) is 0 Å². The van der Waals surface area contributed by atoms with Crippen LogP contribution in [0.2, 0.25) is 0 Å². The third kappa shape index (κ3) is 3.23. The summed E-state index contributed by atoms with van der Waals surface area (Å²) in [7, 11) is 0. The van der Waals surface area contributed by atoms with Crippen LogP contribution in [-0.2, 0) is 0 Å². The van der Waals surface area contributed by atoms with Gasteiger partial charge in [-0.2, -0.15) is 0 Å². The smallest absolute Gasteiger partial charge is 0.263 e. The van der Waals surface area contributed by atoms with Gasteiger partial charge in [0.2, 0.25) is 0 Å². The zero-order chi connectivity index (χ0) is 14.8. The molecule has 1 aromatic rings. The second kappa shape index (κ2) is 5.84. The summed E-state index contributed by atoms with van der Waals surface area (Å²) in [6, 6.07) is -0.0275. The largest absolute Gasteiger partial charge is 0.346 e. The second-order valence-electron chi connectivity index (χ2n) is 6.01. The van der Waals surface area contributed by atoms with E-state index in [1.807, 2.05) is 6.92 Å². The highest BCUT2D eigenvalue weighted by molar-refractivity contribution is 5.93. The Morgan fingerprint density at radius 1 is 1.43 bits per heavy atom. The Balaban J connectivity index is 1.70. The normalized spacial score (nSPS) is 19.8. The molecule has 2 aliphatic carbocycles. The van der Waals surface area contributed by atoms with Crippen LogP contribution >= 0.6 is 0 Å². The number of rotatable bonds is 4. The summed E-state index contributed by atoms with van der Waals surface area (Å²) in [4.78, 5) is 31.2. The molecule has 0 aliphatic heterocycles. The Labute approximate surface area is 123 Å². The lowest BCUT2D eigenvalue weighted by atomic mass is 9.94. The van der Waals surface area contributed by atoms with E-state index in [2.05, 4.69) is 21.4 Å². The molecule has 112 valence electrons. The Morgan fingerprint density at radius 2 is 2.24 bits per heavy atom. The van der Waals surface area contributed by atoms with Gasteiger partial charge in [-0.1, -0.05) is 11.6 Å². The van der Waals surface area contributed by atoms with Crippen LogP contribution in [0.1, 0.15) is 67.5 Å². The molecule has 1 amide bonds. The molecule has 3 rings (SSSR count). The van der Waals surface area contributed by atoms with Gasteiger partial charge in [-0.3, -0.25) is 9.59 Å². The van der Waals surface area contributed by atoms with Crippen LogP contribution in [0.4, 0.5) is 0 Å². The number of carbonyl (C=O) groups is 1. The lowest BCUT2D eigenvalue weighted by molar-refractivity contribution is 0.0942. The van der Waals surface area contributed by atoms with Crippen molar-refractivity contribution in [3.63, 3.8) is 0 Å². The third-order valence-electron chi connectivity index (χ3n) is 4.26. The molecule has 0 saturated heterocycles. The highest BCUT2D eigenvalue weighted by atomic mass is 16.2. The molecule has 2 N–H and O–H groups in total. The number of carbonyl (C=O) groups excluding carboxylic acids is 1. The summed E-state index contributed by atoms with van der Waals surface area (Å²) >= 11 is 0. The lowest BCUT2D eigenvalue weighted by Gasteiger charge is -2.20. The van der Waals surface area contributed by atoms with Crippen LogP contribution in [0, 0.1) is 0 Å². The molecule has 5 heteroatoms. The van der Waals surface area contributed by atoms with E-state index >= 15 is 0 Å². The van der Waals surface area contributed by atoms with E-state index < -0.39 is 0 Å². The molecule has 0 bridgehead atoms. The van der Waals surface area contributed by atoms with Crippen molar-refractivity contribution in [1.82, 2.24) is 15.3 Å². The monoisotopic (exact) mass is 287 g/mol. The van der Waals surface area contributed by atoms with Crippen molar-refractivity contribution in [2.24, 2.45) is 0 Å². The van der Waals surface area contributed by atoms with Gasteiger partial charge in [-0.05, 0) is 45.4 Å². The summed E-state index contributed by atoms with van der Waals surface area (Å²) in [5, 5.41) is 2.90. The zero-order valence-corrected chi connectivity index (χ0v) is 12.3. The van der Waals surface area contributed by atoms with Gasteiger partial charge in [-0.15, -0.1) is 0 Å². The number of amides is 1. The number of nitrogens with one attached hydrogen (secondary N) is 2. The third-order valence-corrected chi connectivity index (χ3v) is 4.26. The van der Waals surface area contributed by atoms with Crippen LogP contribution in [0.5, 0.6) is 0 Å². The Bertz CT molecular complexity index is 629. The number of allylic oxidation sites excluding steroid dienone is 1. The molecule has 5 nitrogen and oxygen atoms in total. The van der Waals surface area contributed by atoms with E-state index in [1.165, 1.54) is 24.6 Å². The van der Waals surface area contributed by atoms with Crippen LogP contribution in [-0.4, -0.2) is 21.9 Å². The fraction of sp³-hybridized carbons (Fsp3) is 0.562. The summed E-state index contributed by atoms with van der Waals surface area (Å²) in [5.41, 5.74) is 1.02. The topological polar surface area (TPSA) is 74.8 Å². The first kappa shape index (κ1) is 14.0. The first-order valence-corrected chi connectivity index (χ1v) is 7.74. The molecule has 1 atom stereocenters. The predicted molar refractivity (Wildman–Crippen MR) is 80.3 cm³/mol. The molecule has 0 unspecified atom stereocenters. The van der Waals surface area contributed by atoms with Crippen molar-refractivity contribution in [3.05, 3.63) is 39.6 Å². The summed E-state index contributed by atoms with van der Waals surface area (Å²) in [5.74, 6) is 0.741. The van der Waals surface area contributed by atoms with Gasteiger partial charge in [0, 0.05) is 18.2 Å². The maximum Gasteiger partial charge on any atom is 0.263 e. The van der Waals surface area contributed by atoms with E-state index in [-0.39, 0.29) is 23.1 Å². The van der Waals surface area contributed by atoms with Crippen molar-refractivity contribution < 1.29 is 4.79 Å². The minimum atomic E-state index is -0.343. The molecule has 1 fully saturated rings. The Hall–Kier alpha value is -1.91. The highest BCUT2D eigenvalue weighted by Gasteiger charge is 2.27. The highest BCUT2D eigenvalue weighted by Crippen LogP contribution is 2.37. The van der Waals surface area contributed by atoms with Crippen LogP contribution in [0.15, 0.2) is 22.6 Å². The van der Waals surface area contributed by atoms with E-state index in [9.17, 15) is 9.59 Å². The van der Waals surface area contributed by atoms with Gasteiger partial charge in [0.1, 0.15) is 11.4 Å². The standard InChI is InChI=1S/C16H21N3O2/c1-10(11-5-3-2-4-6-11)18-15(20)13-9-17-14(12-7-8-12)19-16(13)21/h5,9-10,12H,2-4,6-8H2,1H3,(H,18,20)(H,17,19,21)/t10-/m1/s1. The molecule has 0 aromatic carbocycles. The second-order valence-corrected chi connectivity index (χ2v) is 6.01. The fourth-order valence-electron chi connectivity index (χ4n) is 2.76. The number of aromatic amines is 1. The van der Waals surface area contributed by atoms with Gasteiger partial charge >= 0.3 is 0 Å². The molecule has 21 heavy (non-hydrogen) atoms.